The Morgan fingerprint density at radius 1 is 1.00 bits per heavy atom. The van der Waals surface area contributed by atoms with E-state index in [0.717, 1.165) is 0 Å². The summed E-state index contributed by atoms with van der Waals surface area (Å²) in [5, 5.41) is 5.72. The van der Waals surface area contributed by atoms with Crippen molar-refractivity contribution in [3.05, 3.63) is 57.5 Å². The Hall–Kier alpha value is -2.05. The summed E-state index contributed by atoms with van der Waals surface area (Å²) in [6.45, 7) is 0. The quantitative estimate of drug-likeness (QED) is 0.769. The number of primary amides is 1. The van der Waals surface area contributed by atoms with Gasteiger partial charge in [0.05, 0.1) is 5.56 Å². The summed E-state index contributed by atoms with van der Waals surface area (Å²) in [7, 11) is 0. The second kappa shape index (κ2) is 6.60. The fraction of sp³-hybridized carbons (Fsp3) is 0. The van der Waals surface area contributed by atoms with Crippen LogP contribution in [0.15, 0.2) is 46.9 Å². The van der Waals surface area contributed by atoms with Crippen LogP contribution in [0.2, 0.25) is 5.02 Å². The maximum Gasteiger partial charge on any atom is 0.316 e. The molecule has 108 valence electrons. The number of amides is 3. The predicted molar refractivity (Wildman–Crippen MR) is 86.8 cm³/mol. The van der Waals surface area contributed by atoms with Gasteiger partial charge in [0.2, 0.25) is 0 Å². The lowest BCUT2D eigenvalue weighted by Crippen LogP contribution is -2.19. The molecular weight excluding hydrogens is 358 g/mol. The van der Waals surface area contributed by atoms with Gasteiger partial charge in [0.1, 0.15) is 0 Å². The summed E-state index contributed by atoms with van der Waals surface area (Å²) < 4.78 is 0.611. The molecule has 0 saturated heterocycles. The fourth-order valence-electron chi connectivity index (χ4n) is 1.65. The monoisotopic (exact) mass is 367 g/mol. The third kappa shape index (κ3) is 4.21. The predicted octanol–water partition coefficient (Wildman–Crippen LogP) is 3.85. The Balaban J connectivity index is 2.10. The van der Waals surface area contributed by atoms with E-state index in [1.54, 1.807) is 42.5 Å². The first-order valence-corrected chi connectivity index (χ1v) is 7.06. The van der Waals surface area contributed by atoms with Crippen LogP contribution in [0.3, 0.4) is 0 Å². The SMILES string of the molecule is NC(=O)Nc1ccc(NC(=O)c2ccc(Cl)cc2Br)cc1. The molecule has 0 bridgehead atoms. The number of rotatable bonds is 3. The van der Waals surface area contributed by atoms with Crippen LogP contribution in [-0.4, -0.2) is 11.9 Å². The maximum absolute atomic E-state index is 12.1. The molecule has 0 aliphatic heterocycles. The van der Waals surface area contributed by atoms with E-state index in [1.807, 2.05) is 0 Å². The van der Waals surface area contributed by atoms with Crippen molar-refractivity contribution in [3.63, 3.8) is 0 Å². The van der Waals surface area contributed by atoms with E-state index in [4.69, 9.17) is 17.3 Å². The Morgan fingerprint density at radius 3 is 2.10 bits per heavy atom. The molecular formula is C14H11BrClN3O2. The summed E-state index contributed by atoms with van der Waals surface area (Å²) in [6.07, 6.45) is 0. The molecule has 2 aromatic rings. The lowest BCUT2D eigenvalue weighted by molar-refractivity contribution is 0.102. The zero-order valence-electron chi connectivity index (χ0n) is 10.7. The van der Waals surface area contributed by atoms with Gasteiger partial charge in [-0.25, -0.2) is 4.79 Å². The van der Waals surface area contributed by atoms with Crippen molar-refractivity contribution in [2.45, 2.75) is 0 Å². The lowest BCUT2D eigenvalue weighted by Gasteiger charge is -2.08. The van der Waals surface area contributed by atoms with Crippen LogP contribution in [0.1, 0.15) is 10.4 Å². The molecule has 0 aliphatic carbocycles. The van der Waals surface area contributed by atoms with Crippen LogP contribution < -0.4 is 16.4 Å². The summed E-state index contributed by atoms with van der Waals surface area (Å²) in [5.41, 5.74) is 6.63. The van der Waals surface area contributed by atoms with E-state index in [9.17, 15) is 9.59 Å². The minimum absolute atomic E-state index is 0.269. The Morgan fingerprint density at radius 2 is 1.57 bits per heavy atom. The van der Waals surface area contributed by atoms with Gasteiger partial charge in [-0.1, -0.05) is 11.6 Å². The molecule has 21 heavy (non-hydrogen) atoms. The second-order valence-electron chi connectivity index (χ2n) is 4.14. The highest BCUT2D eigenvalue weighted by Crippen LogP contribution is 2.23. The van der Waals surface area contributed by atoms with Crippen molar-refractivity contribution in [1.29, 1.82) is 0 Å². The van der Waals surface area contributed by atoms with Gasteiger partial charge in [-0.2, -0.15) is 0 Å². The molecule has 2 aromatic carbocycles. The molecule has 0 fully saturated rings. The third-order valence-corrected chi connectivity index (χ3v) is 3.48. The summed E-state index contributed by atoms with van der Waals surface area (Å²) in [5.74, 6) is -0.269. The van der Waals surface area contributed by atoms with Crippen LogP contribution in [0.4, 0.5) is 16.2 Å². The largest absolute Gasteiger partial charge is 0.351 e. The molecule has 0 atom stereocenters. The third-order valence-electron chi connectivity index (χ3n) is 2.59. The molecule has 0 radical (unpaired) electrons. The molecule has 0 heterocycles. The zero-order chi connectivity index (χ0) is 15.4. The van der Waals surface area contributed by atoms with Gasteiger partial charge in [-0.05, 0) is 58.4 Å². The molecule has 0 unspecified atom stereocenters. The molecule has 5 nitrogen and oxygen atoms in total. The van der Waals surface area contributed by atoms with Gasteiger partial charge in [0.25, 0.3) is 5.91 Å². The first-order valence-electron chi connectivity index (χ1n) is 5.88. The highest BCUT2D eigenvalue weighted by Gasteiger charge is 2.10. The van der Waals surface area contributed by atoms with E-state index in [0.29, 0.717) is 26.4 Å². The van der Waals surface area contributed by atoms with E-state index >= 15 is 0 Å². The van der Waals surface area contributed by atoms with Crippen molar-refractivity contribution >= 4 is 50.8 Å². The molecule has 0 spiro atoms. The minimum atomic E-state index is -0.642. The highest BCUT2D eigenvalue weighted by molar-refractivity contribution is 9.10. The molecule has 0 aromatic heterocycles. The topological polar surface area (TPSA) is 84.2 Å². The van der Waals surface area contributed by atoms with Crippen LogP contribution in [0.5, 0.6) is 0 Å². The molecule has 7 heteroatoms. The van der Waals surface area contributed by atoms with Gasteiger partial charge >= 0.3 is 6.03 Å². The summed E-state index contributed by atoms with van der Waals surface area (Å²) in [4.78, 5) is 22.8. The number of nitrogens with two attached hydrogens (primary N) is 1. The number of halogens is 2. The minimum Gasteiger partial charge on any atom is -0.351 e. The van der Waals surface area contributed by atoms with Crippen molar-refractivity contribution < 1.29 is 9.59 Å². The Bertz CT molecular complexity index is 689. The number of hydrogen-bond acceptors (Lipinski definition) is 2. The van der Waals surface area contributed by atoms with Crippen molar-refractivity contribution in [1.82, 2.24) is 0 Å². The van der Waals surface area contributed by atoms with Gasteiger partial charge < -0.3 is 16.4 Å². The van der Waals surface area contributed by atoms with Crippen molar-refractivity contribution in [3.8, 4) is 0 Å². The standard InChI is InChI=1S/C14H11BrClN3O2/c15-12-7-8(16)1-6-11(12)13(20)18-9-2-4-10(5-3-9)19-14(17)21/h1-7H,(H,18,20)(H3,17,19,21). The van der Waals surface area contributed by atoms with Crippen molar-refractivity contribution in [2.75, 3.05) is 10.6 Å². The highest BCUT2D eigenvalue weighted by atomic mass is 79.9. The van der Waals surface area contributed by atoms with Crippen LogP contribution in [0.25, 0.3) is 0 Å². The number of hydrogen-bond donors (Lipinski definition) is 3. The molecule has 4 N–H and O–H groups in total. The first-order chi connectivity index (χ1) is 9.95. The van der Waals surface area contributed by atoms with Gasteiger partial charge in [0.15, 0.2) is 0 Å². The van der Waals surface area contributed by atoms with Crippen LogP contribution in [0, 0.1) is 0 Å². The molecule has 0 aliphatic rings. The normalized spacial score (nSPS) is 10.0. The van der Waals surface area contributed by atoms with Crippen molar-refractivity contribution in [2.24, 2.45) is 5.73 Å². The smallest absolute Gasteiger partial charge is 0.316 e. The number of carbonyl (C=O) groups is 2. The lowest BCUT2D eigenvalue weighted by atomic mass is 10.2. The van der Waals surface area contributed by atoms with Crippen LogP contribution in [-0.2, 0) is 0 Å². The van der Waals surface area contributed by atoms with E-state index < -0.39 is 6.03 Å². The number of anilines is 2. The Kier molecular flexibility index (Phi) is 4.82. The number of nitrogens with one attached hydrogen (secondary N) is 2. The number of carbonyl (C=O) groups excluding carboxylic acids is 2. The van der Waals surface area contributed by atoms with E-state index in [1.165, 1.54) is 0 Å². The summed E-state index contributed by atoms with van der Waals surface area (Å²) >= 11 is 9.13. The van der Waals surface area contributed by atoms with E-state index in [2.05, 4.69) is 26.6 Å². The maximum atomic E-state index is 12.1. The van der Waals surface area contributed by atoms with Crippen LogP contribution >= 0.6 is 27.5 Å². The summed E-state index contributed by atoms with van der Waals surface area (Å²) in [6, 6.07) is 10.9. The zero-order valence-corrected chi connectivity index (χ0v) is 13.0. The number of benzene rings is 2. The molecule has 0 saturated carbocycles. The van der Waals surface area contributed by atoms with E-state index in [-0.39, 0.29) is 5.91 Å². The van der Waals surface area contributed by atoms with Gasteiger partial charge in [-0.15, -0.1) is 0 Å². The second-order valence-corrected chi connectivity index (χ2v) is 5.44. The fourth-order valence-corrected chi connectivity index (χ4v) is 2.51. The average molecular weight is 369 g/mol. The first kappa shape index (κ1) is 15.3. The molecule has 3 amide bonds. The average Bonchev–Trinajstić information content (AvgIpc) is 2.40. The van der Waals surface area contributed by atoms with Gasteiger partial charge in [-0.3, -0.25) is 4.79 Å². The van der Waals surface area contributed by atoms with Gasteiger partial charge in [0, 0.05) is 20.9 Å². The number of urea groups is 1. The Labute approximate surface area is 134 Å². The molecule has 2 rings (SSSR count).